The normalized spacial score (nSPS) is 18.0. The largest absolute Gasteiger partial charge is 0.466 e. The molecule has 11 nitrogen and oxygen atoms in total. The van der Waals surface area contributed by atoms with Gasteiger partial charge in [-0.05, 0) is 57.8 Å². The van der Waals surface area contributed by atoms with Gasteiger partial charge in [-0.3, -0.25) is 9.59 Å². The number of nitrogens with one attached hydrogen (secondary N) is 1. The number of aliphatic hydroxyl groups excluding tert-OH is 5. The summed E-state index contributed by atoms with van der Waals surface area (Å²) in [4.78, 5) is 25.1. The monoisotopic (exact) mass is 1220 g/mol. The summed E-state index contributed by atoms with van der Waals surface area (Å²) in [5.41, 5.74) is 0. The Kier molecular flexibility index (Phi) is 61.8. The second-order valence-corrected chi connectivity index (χ2v) is 26.4. The molecule has 0 saturated carbocycles. The molecule has 0 aliphatic carbocycles. The summed E-state index contributed by atoms with van der Waals surface area (Å²) in [7, 11) is 0. The Morgan fingerprint density at radius 3 is 1.12 bits per heavy atom. The van der Waals surface area contributed by atoms with Gasteiger partial charge in [0.1, 0.15) is 24.4 Å². The molecule has 1 heterocycles. The lowest BCUT2D eigenvalue weighted by Gasteiger charge is -2.40. The molecule has 1 fully saturated rings. The first-order valence-corrected chi connectivity index (χ1v) is 37.6. The third-order valence-electron chi connectivity index (χ3n) is 18.1. The van der Waals surface area contributed by atoms with Crippen molar-refractivity contribution in [2.75, 3.05) is 19.8 Å². The molecule has 86 heavy (non-hydrogen) atoms. The van der Waals surface area contributed by atoms with Crippen molar-refractivity contribution in [2.45, 2.75) is 423 Å². The molecule has 11 heteroatoms. The maximum atomic E-state index is 13.1. The number of ether oxygens (including phenoxy) is 3. The zero-order valence-corrected chi connectivity index (χ0v) is 56.6. The van der Waals surface area contributed by atoms with Crippen LogP contribution < -0.4 is 5.32 Å². The Labute approximate surface area is 531 Å². The zero-order valence-electron chi connectivity index (χ0n) is 56.6. The van der Waals surface area contributed by atoms with Crippen LogP contribution in [0, 0.1) is 0 Å². The van der Waals surface area contributed by atoms with Gasteiger partial charge in [0.2, 0.25) is 5.91 Å². The molecule has 0 bridgehead atoms. The first-order chi connectivity index (χ1) is 42.2. The summed E-state index contributed by atoms with van der Waals surface area (Å²) in [6.07, 6.45) is 71.7. The summed E-state index contributed by atoms with van der Waals surface area (Å²) < 4.78 is 16.8. The molecular weight excluding hydrogens is 1070 g/mol. The molecule has 0 aromatic rings. The van der Waals surface area contributed by atoms with Gasteiger partial charge >= 0.3 is 5.97 Å². The summed E-state index contributed by atoms with van der Waals surface area (Å²) in [5.74, 6) is -0.165. The fourth-order valence-electron chi connectivity index (χ4n) is 12.1. The minimum absolute atomic E-state index is 0.0110. The van der Waals surface area contributed by atoms with Gasteiger partial charge in [-0.1, -0.05) is 334 Å². The Balaban J connectivity index is 1.97. The van der Waals surface area contributed by atoms with Crippen molar-refractivity contribution in [2.24, 2.45) is 0 Å². The van der Waals surface area contributed by atoms with E-state index in [9.17, 15) is 35.1 Å². The highest BCUT2D eigenvalue weighted by Crippen LogP contribution is 2.24. The van der Waals surface area contributed by atoms with Crippen molar-refractivity contribution in [3.05, 3.63) is 24.3 Å². The predicted molar refractivity (Wildman–Crippen MR) is 361 cm³/mol. The standard InChI is InChI=1S/C75H143NO10/c1-3-5-7-9-11-13-15-16-35-38-42-45-49-53-57-61-68(78)67(66-85-75-74(83)73(82)72(81)69(65-77)86-75)76-70(79)62-58-54-50-46-43-39-36-33-31-29-27-25-23-21-19-17-18-20-22-24-26-28-30-32-34-37-40-44-48-52-56-60-64-84-71(80)63-59-55-51-47-41-14-12-10-8-6-4-2/h20,22,57,61,67-69,72-75,77-78,81-83H,3-19,21,23-56,58-60,62-66H2,1-2H3,(H,76,79)/b22-20-,61-57+. The highest BCUT2D eigenvalue weighted by Gasteiger charge is 2.44. The summed E-state index contributed by atoms with van der Waals surface area (Å²) in [5, 5.41) is 54.6. The van der Waals surface area contributed by atoms with Gasteiger partial charge in [-0.25, -0.2) is 0 Å². The van der Waals surface area contributed by atoms with Crippen LogP contribution in [0.2, 0.25) is 0 Å². The van der Waals surface area contributed by atoms with Crippen LogP contribution in [0.5, 0.6) is 0 Å². The number of rotatable bonds is 67. The number of amides is 1. The van der Waals surface area contributed by atoms with Crippen molar-refractivity contribution < 1.29 is 49.3 Å². The lowest BCUT2D eigenvalue weighted by Crippen LogP contribution is -2.60. The van der Waals surface area contributed by atoms with Crippen molar-refractivity contribution in [3.63, 3.8) is 0 Å². The van der Waals surface area contributed by atoms with E-state index in [0.717, 1.165) is 51.4 Å². The van der Waals surface area contributed by atoms with Gasteiger partial charge in [0.05, 0.1) is 32.0 Å². The van der Waals surface area contributed by atoms with Crippen LogP contribution in [0.15, 0.2) is 24.3 Å². The minimum Gasteiger partial charge on any atom is -0.466 e. The summed E-state index contributed by atoms with van der Waals surface area (Å²) in [6, 6.07) is -0.808. The van der Waals surface area contributed by atoms with Gasteiger partial charge in [0, 0.05) is 12.8 Å². The van der Waals surface area contributed by atoms with Crippen molar-refractivity contribution >= 4 is 11.9 Å². The second-order valence-electron chi connectivity index (χ2n) is 26.4. The van der Waals surface area contributed by atoms with Crippen molar-refractivity contribution in [1.82, 2.24) is 5.32 Å². The number of hydrogen-bond acceptors (Lipinski definition) is 10. The number of unbranched alkanes of at least 4 members (excludes halogenated alkanes) is 51. The fourth-order valence-corrected chi connectivity index (χ4v) is 12.1. The van der Waals surface area contributed by atoms with Crippen LogP contribution >= 0.6 is 0 Å². The SMILES string of the molecule is CCCCCCCCCCCCCCC/C=C/C(O)C(COC1OC(CO)C(O)C(O)C1O)NC(=O)CCCCCCCCCCCCCCCCCC/C=C\CCCCCCCCCCCCCCOC(=O)CCCCCCCCCCCCC. The van der Waals surface area contributed by atoms with Gasteiger partial charge in [0.25, 0.3) is 0 Å². The molecule has 1 rings (SSSR count). The van der Waals surface area contributed by atoms with E-state index in [1.165, 1.54) is 302 Å². The van der Waals surface area contributed by atoms with E-state index >= 15 is 0 Å². The average Bonchev–Trinajstić information content (AvgIpc) is 2.97. The molecule has 0 aromatic heterocycles. The lowest BCUT2D eigenvalue weighted by molar-refractivity contribution is -0.302. The maximum absolute atomic E-state index is 13.1. The lowest BCUT2D eigenvalue weighted by atomic mass is 9.99. The van der Waals surface area contributed by atoms with Crippen LogP contribution in [-0.4, -0.2) is 100 Å². The molecule has 0 radical (unpaired) electrons. The smallest absolute Gasteiger partial charge is 0.305 e. The number of aliphatic hydroxyl groups is 5. The molecule has 0 spiro atoms. The number of carbonyl (C=O) groups is 2. The molecule has 0 aromatic carbocycles. The quantitative estimate of drug-likeness (QED) is 0.0195. The minimum atomic E-state index is -1.57. The van der Waals surface area contributed by atoms with Crippen molar-refractivity contribution in [1.29, 1.82) is 0 Å². The Hall–Kier alpha value is -1.86. The highest BCUT2D eigenvalue weighted by atomic mass is 16.7. The Morgan fingerprint density at radius 1 is 0.419 bits per heavy atom. The summed E-state index contributed by atoms with van der Waals surface area (Å²) >= 11 is 0. The van der Waals surface area contributed by atoms with E-state index in [0.29, 0.717) is 19.4 Å². The van der Waals surface area contributed by atoms with E-state index < -0.39 is 49.5 Å². The molecular formula is C75H143NO10. The molecule has 1 aliphatic rings. The van der Waals surface area contributed by atoms with Crippen LogP contribution in [0.3, 0.4) is 0 Å². The molecule has 1 saturated heterocycles. The van der Waals surface area contributed by atoms with Crippen LogP contribution in [0.4, 0.5) is 0 Å². The van der Waals surface area contributed by atoms with Gasteiger partial charge < -0.3 is 45.1 Å². The van der Waals surface area contributed by atoms with Crippen LogP contribution in [-0.2, 0) is 23.8 Å². The number of esters is 1. The third kappa shape index (κ3) is 52.9. The number of hydrogen-bond donors (Lipinski definition) is 6. The molecule has 508 valence electrons. The highest BCUT2D eigenvalue weighted by molar-refractivity contribution is 5.76. The van der Waals surface area contributed by atoms with E-state index in [2.05, 4.69) is 31.3 Å². The summed E-state index contributed by atoms with van der Waals surface area (Å²) in [6.45, 7) is 4.39. The molecule has 7 atom stereocenters. The average molecular weight is 1220 g/mol. The zero-order chi connectivity index (χ0) is 62.3. The second kappa shape index (κ2) is 64.7. The van der Waals surface area contributed by atoms with E-state index in [4.69, 9.17) is 14.2 Å². The van der Waals surface area contributed by atoms with Gasteiger partial charge in [-0.15, -0.1) is 0 Å². The molecule has 6 N–H and O–H groups in total. The van der Waals surface area contributed by atoms with Crippen LogP contribution in [0.1, 0.15) is 380 Å². The predicted octanol–water partition coefficient (Wildman–Crippen LogP) is 19.6. The maximum Gasteiger partial charge on any atom is 0.305 e. The fraction of sp³-hybridized carbons (Fsp3) is 0.920. The Morgan fingerprint density at radius 2 is 0.744 bits per heavy atom. The first-order valence-electron chi connectivity index (χ1n) is 37.6. The third-order valence-corrected chi connectivity index (χ3v) is 18.1. The molecule has 1 aliphatic heterocycles. The van der Waals surface area contributed by atoms with Gasteiger partial charge in [-0.2, -0.15) is 0 Å². The Bertz CT molecular complexity index is 1480. The number of allylic oxidation sites excluding steroid dienone is 3. The van der Waals surface area contributed by atoms with Crippen LogP contribution in [0.25, 0.3) is 0 Å². The first kappa shape index (κ1) is 82.2. The molecule has 1 amide bonds. The van der Waals surface area contributed by atoms with Gasteiger partial charge in [0.15, 0.2) is 6.29 Å². The van der Waals surface area contributed by atoms with E-state index in [1.807, 2.05) is 6.08 Å². The number of carbonyl (C=O) groups excluding carboxylic acids is 2. The molecule has 7 unspecified atom stereocenters. The van der Waals surface area contributed by atoms with Crippen molar-refractivity contribution in [3.8, 4) is 0 Å². The topological polar surface area (TPSA) is 175 Å². The van der Waals surface area contributed by atoms with E-state index in [1.54, 1.807) is 6.08 Å². The van der Waals surface area contributed by atoms with E-state index in [-0.39, 0.29) is 18.5 Å².